The first kappa shape index (κ1) is 22.0. The minimum absolute atomic E-state index is 0.0731. The summed E-state index contributed by atoms with van der Waals surface area (Å²) in [5.41, 5.74) is 2.52. The van der Waals surface area contributed by atoms with Crippen LogP contribution in [0.3, 0.4) is 0 Å². The van der Waals surface area contributed by atoms with Gasteiger partial charge in [-0.25, -0.2) is 0 Å². The Bertz CT molecular complexity index is 1130. The Kier molecular flexibility index (Phi) is 6.40. The van der Waals surface area contributed by atoms with E-state index >= 15 is 0 Å². The highest BCUT2D eigenvalue weighted by atomic mass is 32.2. The lowest BCUT2D eigenvalue weighted by Gasteiger charge is -2.14. The second-order valence-electron chi connectivity index (χ2n) is 6.82. The predicted octanol–water partition coefficient (Wildman–Crippen LogP) is 3.90. The Morgan fingerprint density at radius 1 is 1.23 bits per heavy atom. The summed E-state index contributed by atoms with van der Waals surface area (Å²) in [4.78, 5) is 48.8. The van der Waals surface area contributed by atoms with Gasteiger partial charge in [0.05, 0.1) is 16.9 Å². The summed E-state index contributed by atoms with van der Waals surface area (Å²) in [5, 5.41) is 13.3. The maximum absolute atomic E-state index is 12.6. The van der Waals surface area contributed by atoms with E-state index in [9.17, 15) is 24.5 Å². The van der Waals surface area contributed by atoms with Crippen molar-refractivity contribution in [1.82, 2.24) is 4.90 Å². The lowest BCUT2D eigenvalue weighted by atomic mass is 10.1. The average molecular weight is 441 g/mol. The van der Waals surface area contributed by atoms with Gasteiger partial charge in [0.25, 0.3) is 11.1 Å². The van der Waals surface area contributed by atoms with Gasteiger partial charge in [0.2, 0.25) is 5.91 Å². The van der Waals surface area contributed by atoms with E-state index in [-0.39, 0.29) is 16.3 Å². The number of ether oxygens (including phenoxy) is 1. The molecule has 0 aliphatic carbocycles. The summed E-state index contributed by atoms with van der Waals surface area (Å²) in [6.45, 7) is 3.30. The van der Waals surface area contributed by atoms with Gasteiger partial charge in [-0.15, -0.1) is 0 Å². The van der Waals surface area contributed by atoms with Crippen LogP contribution in [0.4, 0.5) is 16.2 Å². The van der Waals surface area contributed by atoms with Crippen LogP contribution < -0.4 is 10.1 Å². The molecule has 1 fully saturated rings. The molecule has 0 spiro atoms. The van der Waals surface area contributed by atoms with Crippen LogP contribution in [0.25, 0.3) is 6.08 Å². The molecule has 3 amide bonds. The number of amides is 3. The fraction of sp³-hybridized carbons (Fsp3) is 0.190. The van der Waals surface area contributed by atoms with E-state index in [0.717, 1.165) is 16.0 Å². The van der Waals surface area contributed by atoms with Crippen molar-refractivity contribution in [1.29, 1.82) is 0 Å². The van der Waals surface area contributed by atoms with Crippen molar-refractivity contribution < 1.29 is 24.0 Å². The predicted molar refractivity (Wildman–Crippen MR) is 117 cm³/mol. The number of carbonyl (C=O) groups excluding carboxylic acids is 3. The van der Waals surface area contributed by atoms with Gasteiger partial charge in [-0.3, -0.25) is 29.4 Å². The monoisotopic (exact) mass is 441 g/mol. The largest absolute Gasteiger partial charge is 0.490 e. The number of nitrogens with zero attached hydrogens (tertiary/aromatic N) is 2. The molecule has 2 aromatic carbocycles. The number of anilines is 1. The number of hydrogen-bond acceptors (Lipinski definition) is 7. The molecule has 1 aliphatic heterocycles. The standard InChI is InChI=1S/C21H19N3O6S/c1-12-4-5-13(2)15(8-12)22-19(25)11-23-20(26)18(31-21(23)27)10-14-6-7-17(30-3)16(9-14)24(28)29/h4-10H,11H2,1-3H3,(H,22,25)/b18-10+. The smallest absolute Gasteiger partial charge is 0.311 e. The van der Waals surface area contributed by atoms with E-state index in [0.29, 0.717) is 23.0 Å². The van der Waals surface area contributed by atoms with Crippen molar-refractivity contribution in [2.24, 2.45) is 0 Å². The van der Waals surface area contributed by atoms with Crippen LogP contribution in [-0.4, -0.2) is 40.5 Å². The topological polar surface area (TPSA) is 119 Å². The third-order valence-electron chi connectivity index (χ3n) is 4.54. The van der Waals surface area contributed by atoms with Crippen LogP contribution in [0.5, 0.6) is 5.75 Å². The summed E-state index contributed by atoms with van der Waals surface area (Å²) in [6, 6.07) is 9.77. The Morgan fingerprint density at radius 2 is 1.97 bits per heavy atom. The number of nitro groups is 1. The zero-order valence-corrected chi connectivity index (χ0v) is 17.8. The summed E-state index contributed by atoms with van der Waals surface area (Å²) >= 11 is 0.672. The van der Waals surface area contributed by atoms with Gasteiger partial charge in [-0.2, -0.15) is 0 Å². The van der Waals surface area contributed by atoms with Crippen LogP contribution in [0, 0.1) is 24.0 Å². The fourth-order valence-electron chi connectivity index (χ4n) is 2.93. The Hall–Kier alpha value is -3.66. The molecule has 0 radical (unpaired) electrons. The van der Waals surface area contributed by atoms with Crippen LogP contribution in [-0.2, 0) is 9.59 Å². The first-order chi connectivity index (χ1) is 14.7. The Morgan fingerprint density at radius 3 is 2.65 bits per heavy atom. The molecule has 0 bridgehead atoms. The van der Waals surface area contributed by atoms with Crippen molar-refractivity contribution in [2.45, 2.75) is 13.8 Å². The summed E-state index contributed by atoms with van der Waals surface area (Å²) < 4.78 is 4.95. The number of thioether (sulfide) groups is 1. The van der Waals surface area contributed by atoms with Gasteiger partial charge in [0, 0.05) is 11.8 Å². The lowest BCUT2D eigenvalue weighted by molar-refractivity contribution is -0.385. The van der Waals surface area contributed by atoms with Crippen LogP contribution in [0.2, 0.25) is 0 Å². The minimum Gasteiger partial charge on any atom is -0.490 e. The molecule has 1 heterocycles. The SMILES string of the molecule is COc1ccc(/C=C2/SC(=O)N(CC(=O)Nc3cc(C)ccc3C)C2=O)cc1[N+](=O)[O-]. The third kappa shape index (κ3) is 4.92. The summed E-state index contributed by atoms with van der Waals surface area (Å²) in [5.74, 6) is -1.06. The number of nitrogens with one attached hydrogen (secondary N) is 1. The number of rotatable bonds is 6. The van der Waals surface area contributed by atoms with Crippen LogP contribution in [0.1, 0.15) is 16.7 Å². The Balaban J connectivity index is 1.76. The normalized spacial score (nSPS) is 14.8. The van der Waals surface area contributed by atoms with Gasteiger partial charge >= 0.3 is 5.69 Å². The molecule has 0 saturated carbocycles. The maximum Gasteiger partial charge on any atom is 0.311 e. The van der Waals surface area contributed by atoms with Crippen molar-refractivity contribution >= 4 is 46.3 Å². The highest BCUT2D eigenvalue weighted by molar-refractivity contribution is 8.18. The van der Waals surface area contributed by atoms with Crippen molar-refractivity contribution in [2.75, 3.05) is 19.0 Å². The van der Waals surface area contributed by atoms with Crippen molar-refractivity contribution in [3.8, 4) is 5.75 Å². The quantitative estimate of drug-likeness (QED) is 0.410. The van der Waals surface area contributed by atoms with E-state index in [1.807, 2.05) is 26.0 Å². The fourth-order valence-corrected chi connectivity index (χ4v) is 3.77. The highest BCUT2D eigenvalue weighted by Crippen LogP contribution is 2.34. The molecule has 9 nitrogen and oxygen atoms in total. The molecule has 3 rings (SSSR count). The molecule has 31 heavy (non-hydrogen) atoms. The maximum atomic E-state index is 12.6. The molecular formula is C21H19N3O6S. The van der Waals surface area contributed by atoms with E-state index < -0.39 is 28.5 Å². The van der Waals surface area contributed by atoms with E-state index in [1.165, 1.54) is 31.4 Å². The summed E-state index contributed by atoms with van der Waals surface area (Å²) in [6.07, 6.45) is 1.37. The number of imide groups is 1. The number of aryl methyl sites for hydroxylation is 2. The molecule has 2 aromatic rings. The molecule has 1 aliphatic rings. The van der Waals surface area contributed by atoms with Crippen molar-refractivity contribution in [3.05, 3.63) is 68.1 Å². The highest BCUT2D eigenvalue weighted by Gasteiger charge is 2.36. The van der Waals surface area contributed by atoms with Gasteiger partial charge < -0.3 is 10.1 Å². The van der Waals surface area contributed by atoms with Crippen LogP contribution >= 0.6 is 11.8 Å². The minimum atomic E-state index is -0.635. The van der Waals surface area contributed by atoms with E-state index in [2.05, 4.69) is 5.32 Å². The number of benzene rings is 2. The van der Waals surface area contributed by atoms with Crippen molar-refractivity contribution in [3.63, 3.8) is 0 Å². The molecule has 10 heteroatoms. The average Bonchev–Trinajstić information content (AvgIpc) is 2.98. The molecular weight excluding hydrogens is 422 g/mol. The number of methoxy groups -OCH3 is 1. The number of nitro benzene ring substituents is 1. The van der Waals surface area contributed by atoms with Gasteiger partial charge in [-0.1, -0.05) is 18.2 Å². The molecule has 0 unspecified atom stereocenters. The number of carbonyl (C=O) groups is 3. The third-order valence-corrected chi connectivity index (χ3v) is 5.45. The first-order valence-corrected chi connectivity index (χ1v) is 9.96. The molecule has 0 atom stereocenters. The molecule has 1 saturated heterocycles. The van der Waals surface area contributed by atoms with Crippen LogP contribution in [0.15, 0.2) is 41.3 Å². The lowest BCUT2D eigenvalue weighted by Crippen LogP contribution is -2.36. The van der Waals surface area contributed by atoms with Gasteiger partial charge in [0.1, 0.15) is 6.54 Å². The molecule has 160 valence electrons. The zero-order valence-electron chi connectivity index (χ0n) is 17.0. The number of hydrogen-bond donors (Lipinski definition) is 1. The Labute approximate surface area is 182 Å². The van der Waals surface area contributed by atoms with Gasteiger partial charge in [-0.05, 0) is 60.5 Å². The van der Waals surface area contributed by atoms with E-state index in [4.69, 9.17) is 4.74 Å². The first-order valence-electron chi connectivity index (χ1n) is 9.14. The molecule has 0 aromatic heterocycles. The van der Waals surface area contributed by atoms with E-state index in [1.54, 1.807) is 6.07 Å². The summed E-state index contributed by atoms with van der Waals surface area (Å²) in [7, 11) is 1.32. The molecule has 1 N–H and O–H groups in total. The van der Waals surface area contributed by atoms with Gasteiger partial charge in [0.15, 0.2) is 5.75 Å². The second kappa shape index (κ2) is 9.00. The zero-order chi connectivity index (χ0) is 22.7. The second-order valence-corrected chi connectivity index (χ2v) is 7.82.